The summed E-state index contributed by atoms with van der Waals surface area (Å²) in [7, 11) is 0. The lowest BCUT2D eigenvalue weighted by molar-refractivity contribution is 0.0586. The van der Waals surface area contributed by atoms with Gasteiger partial charge in [0, 0.05) is 31.4 Å². The summed E-state index contributed by atoms with van der Waals surface area (Å²) in [6, 6.07) is 8.50. The van der Waals surface area contributed by atoms with Crippen LogP contribution in [0.15, 0.2) is 24.3 Å². The molecule has 138 valence electrons. The molecule has 1 aliphatic heterocycles. The highest BCUT2D eigenvalue weighted by Gasteiger charge is 2.31. The maximum absolute atomic E-state index is 7.13. The van der Waals surface area contributed by atoms with Gasteiger partial charge in [-0.2, -0.15) is 0 Å². The van der Waals surface area contributed by atoms with E-state index in [1.165, 1.54) is 45.4 Å². The second kappa shape index (κ2) is 10.4. The zero-order valence-electron chi connectivity index (χ0n) is 16.2. The lowest BCUT2D eigenvalue weighted by Gasteiger charge is -2.43. The Hall–Kier alpha value is -1.57. The molecule has 0 spiro atoms. The maximum atomic E-state index is 7.13. The number of benzene rings is 1. The minimum Gasteiger partial charge on any atom is -0.385 e. The monoisotopic (exact) mass is 342 g/mol. The first-order valence-corrected chi connectivity index (χ1v) is 9.89. The average Bonchev–Trinajstić information content (AvgIpc) is 2.67. The van der Waals surface area contributed by atoms with Crippen LogP contribution in [0.1, 0.15) is 40.0 Å². The Morgan fingerprint density at radius 2 is 2.12 bits per heavy atom. The van der Waals surface area contributed by atoms with E-state index < -0.39 is 0 Å². The van der Waals surface area contributed by atoms with Gasteiger partial charge in [0.1, 0.15) is 0 Å². The molecule has 0 saturated carbocycles. The fraction of sp³-hybridized carbons (Fsp3) is 0.667. The second-order valence-corrected chi connectivity index (χ2v) is 7.04. The number of nitrogens with one attached hydrogen (secondary N) is 1. The van der Waals surface area contributed by atoms with Crippen LogP contribution in [-0.2, 0) is 0 Å². The van der Waals surface area contributed by atoms with Crippen molar-refractivity contribution in [2.24, 2.45) is 5.92 Å². The Kier molecular flexibility index (Phi) is 8.24. The van der Waals surface area contributed by atoms with Crippen LogP contribution in [0.5, 0.6) is 0 Å². The molecule has 2 rings (SSSR count). The van der Waals surface area contributed by atoms with Crippen LogP contribution in [0, 0.1) is 12.5 Å². The number of hydrogen-bond acceptors (Lipinski definition) is 3. The molecule has 1 aliphatic rings. The fourth-order valence-corrected chi connectivity index (χ4v) is 4.02. The minimum atomic E-state index is 0.702. The van der Waals surface area contributed by atoms with Crippen molar-refractivity contribution >= 4 is 11.4 Å². The second-order valence-electron chi connectivity index (χ2n) is 7.04. The first kappa shape index (κ1) is 19.8. The maximum Gasteiger partial charge on any atom is 0.189 e. The van der Waals surface area contributed by atoms with Crippen molar-refractivity contribution in [1.82, 2.24) is 9.80 Å². The van der Waals surface area contributed by atoms with Gasteiger partial charge >= 0.3 is 0 Å². The molecule has 0 bridgehead atoms. The predicted molar refractivity (Wildman–Crippen MR) is 107 cm³/mol. The van der Waals surface area contributed by atoms with Crippen LogP contribution in [0.25, 0.3) is 4.85 Å². The van der Waals surface area contributed by atoms with Crippen molar-refractivity contribution in [2.45, 2.75) is 46.1 Å². The van der Waals surface area contributed by atoms with Gasteiger partial charge in [-0.25, -0.2) is 4.85 Å². The molecule has 1 heterocycles. The molecule has 1 aromatic carbocycles. The molecule has 0 aromatic heterocycles. The molecule has 1 fully saturated rings. The van der Waals surface area contributed by atoms with E-state index in [1.54, 1.807) is 0 Å². The largest absolute Gasteiger partial charge is 0.385 e. The van der Waals surface area contributed by atoms with Crippen molar-refractivity contribution in [1.29, 1.82) is 0 Å². The Morgan fingerprint density at radius 1 is 1.28 bits per heavy atom. The normalized spacial score (nSPS) is 21.2. The summed E-state index contributed by atoms with van der Waals surface area (Å²) in [5, 5.41) is 3.50. The molecule has 1 aromatic rings. The Morgan fingerprint density at radius 3 is 2.80 bits per heavy atom. The van der Waals surface area contributed by atoms with Crippen LogP contribution >= 0.6 is 0 Å². The van der Waals surface area contributed by atoms with Crippen LogP contribution in [0.2, 0.25) is 0 Å². The third kappa shape index (κ3) is 5.73. The summed E-state index contributed by atoms with van der Waals surface area (Å²) in [5.41, 5.74) is 1.76. The standard InChI is InChI=1S/C21H34N4/c1-5-13-25(21-11-14-24(7-3)17-18(21)6-2)15-12-23-20-10-8-9-19(16-20)22-4/h8-10,16,18,21,23H,5-7,11-15,17H2,1-3H3. The lowest BCUT2D eigenvalue weighted by atomic mass is 9.88. The molecule has 25 heavy (non-hydrogen) atoms. The first-order chi connectivity index (χ1) is 12.2. The Bertz CT molecular complexity index is 551. The van der Waals surface area contributed by atoms with E-state index in [4.69, 9.17) is 6.57 Å². The molecule has 0 amide bonds. The van der Waals surface area contributed by atoms with Crippen LogP contribution in [0.3, 0.4) is 0 Å². The van der Waals surface area contributed by atoms with Gasteiger partial charge in [0.15, 0.2) is 5.69 Å². The molecule has 0 radical (unpaired) electrons. The number of likely N-dealkylation sites (tertiary alicyclic amines) is 1. The van der Waals surface area contributed by atoms with E-state index in [-0.39, 0.29) is 0 Å². The number of anilines is 1. The molecule has 1 saturated heterocycles. The van der Waals surface area contributed by atoms with E-state index in [2.05, 4.69) is 40.7 Å². The van der Waals surface area contributed by atoms with Gasteiger partial charge in [0.25, 0.3) is 0 Å². The van der Waals surface area contributed by atoms with Crippen molar-refractivity contribution in [2.75, 3.05) is 44.6 Å². The molecular formula is C21H34N4. The quantitative estimate of drug-likeness (QED) is 0.669. The molecule has 2 unspecified atom stereocenters. The highest BCUT2D eigenvalue weighted by molar-refractivity contribution is 5.57. The van der Waals surface area contributed by atoms with Crippen LogP contribution < -0.4 is 5.32 Å². The predicted octanol–water partition coefficient (Wildman–Crippen LogP) is 4.48. The lowest BCUT2D eigenvalue weighted by Crippen LogP contribution is -2.52. The summed E-state index contributed by atoms with van der Waals surface area (Å²) in [4.78, 5) is 8.81. The highest BCUT2D eigenvalue weighted by atomic mass is 15.2. The van der Waals surface area contributed by atoms with Gasteiger partial charge in [0.05, 0.1) is 6.57 Å². The Balaban J connectivity index is 1.92. The smallest absolute Gasteiger partial charge is 0.189 e. The van der Waals surface area contributed by atoms with Crippen molar-refractivity contribution in [3.63, 3.8) is 0 Å². The number of nitrogens with zero attached hydrogens (tertiary/aromatic N) is 3. The van der Waals surface area contributed by atoms with Gasteiger partial charge in [0.2, 0.25) is 0 Å². The van der Waals surface area contributed by atoms with E-state index in [0.717, 1.165) is 24.7 Å². The van der Waals surface area contributed by atoms with E-state index >= 15 is 0 Å². The fourth-order valence-electron chi connectivity index (χ4n) is 4.02. The average molecular weight is 343 g/mol. The van der Waals surface area contributed by atoms with Gasteiger partial charge < -0.3 is 10.2 Å². The minimum absolute atomic E-state index is 0.702. The van der Waals surface area contributed by atoms with Crippen molar-refractivity contribution in [3.05, 3.63) is 35.7 Å². The van der Waals surface area contributed by atoms with Crippen molar-refractivity contribution in [3.8, 4) is 0 Å². The third-order valence-corrected chi connectivity index (χ3v) is 5.43. The van der Waals surface area contributed by atoms with Crippen LogP contribution in [0.4, 0.5) is 11.4 Å². The first-order valence-electron chi connectivity index (χ1n) is 9.89. The van der Waals surface area contributed by atoms with Gasteiger partial charge in [-0.15, -0.1) is 0 Å². The summed E-state index contributed by atoms with van der Waals surface area (Å²) in [6.07, 6.45) is 3.76. The van der Waals surface area contributed by atoms with Gasteiger partial charge in [-0.1, -0.05) is 39.3 Å². The molecule has 0 aliphatic carbocycles. The zero-order chi connectivity index (χ0) is 18.1. The Labute approximate surface area is 154 Å². The summed E-state index contributed by atoms with van der Waals surface area (Å²) in [5.74, 6) is 0.783. The SMILES string of the molecule is [C-]#[N+]c1cccc(NCCN(CCC)C2CCN(CC)CC2CC)c1. The molecule has 2 atom stereocenters. The van der Waals surface area contributed by atoms with E-state index in [9.17, 15) is 0 Å². The van der Waals surface area contributed by atoms with Gasteiger partial charge in [-0.3, -0.25) is 4.90 Å². The summed E-state index contributed by atoms with van der Waals surface area (Å²) >= 11 is 0. The van der Waals surface area contributed by atoms with Crippen LogP contribution in [-0.4, -0.2) is 55.1 Å². The molecular weight excluding hydrogens is 308 g/mol. The summed E-state index contributed by atoms with van der Waals surface area (Å²) in [6.45, 7) is 20.9. The molecule has 4 heteroatoms. The third-order valence-electron chi connectivity index (χ3n) is 5.43. The van der Waals surface area contributed by atoms with Crippen molar-refractivity contribution < 1.29 is 0 Å². The highest BCUT2D eigenvalue weighted by Crippen LogP contribution is 2.25. The molecule has 1 N–H and O–H groups in total. The topological polar surface area (TPSA) is 22.9 Å². The zero-order valence-corrected chi connectivity index (χ0v) is 16.2. The van der Waals surface area contributed by atoms with E-state index in [0.29, 0.717) is 11.7 Å². The van der Waals surface area contributed by atoms with E-state index in [1.807, 2.05) is 24.3 Å². The summed E-state index contributed by atoms with van der Waals surface area (Å²) < 4.78 is 0. The number of piperidine rings is 1. The van der Waals surface area contributed by atoms with Gasteiger partial charge in [-0.05, 0) is 50.5 Å². The molecule has 4 nitrogen and oxygen atoms in total. The number of hydrogen-bond donors (Lipinski definition) is 1. The number of rotatable bonds is 9.